The molecule has 0 aromatic heterocycles. The molecule has 1 aliphatic heterocycles. The van der Waals surface area contributed by atoms with Crippen molar-refractivity contribution in [2.45, 2.75) is 43.9 Å². The van der Waals surface area contributed by atoms with E-state index in [1.54, 1.807) is 21.3 Å². The lowest BCUT2D eigenvalue weighted by molar-refractivity contribution is -0.274. The summed E-state index contributed by atoms with van der Waals surface area (Å²) in [7, 11) is 4.73. The average Bonchev–Trinajstić information content (AvgIpc) is 2.22. The van der Waals surface area contributed by atoms with Crippen LogP contribution in [0.5, 0.6) is 0 Å². The Morgan fingerprint density at radius 3 is 2.25 bits per heavy atom. The lowest BCUT2D eigenvalue weighted by Gasteiger charge is -2.48. The van der Waals surface area contributed by atoms with E-state index < -0.39 is 23.9 Å². The van der Waals surface area contributed by atoms with Crippen LogP contribution in [0.4, 0.5) is 0 Å². The van der Waals surface area contributed by atoms with Crippen LogP contribution in [0, 0.1) is 0 Å². The van der Waals surface area contributed by atoms with Crippen molar-refractivity contribution in [2.75, 3.05) is 27.9 Å². The second-order valence-electron chi connectivity index (χ2n) is 4.56. The van der Waals surface area contributed by atoms with Gasteiger partial charge in [-0.1, -0.05) is 0 Å². The summed E-state index contributed by atoms with van der Waals surface area (Å²) in [4.78, 5) is 0. The van der Waals surface area contributed by atoms with Crippen LogP contribution < -0.4 is 0 Å². The second-order valence-corrected chi connectivity index (χ2v) is 4.56. The van der Waals surface area contributed by atoms with E-state index >= 15 is 0 Å². The van der Waals surface area contributed by atoms with Crippen molar-refractivity contribution in [1.29, 1.82) is 0 Å². The Morgan fingerprint density at radius 2 is 1.81 bits per heavy atom. The Balaban J connectivity index is 2.86. The Kier molecular flexibility index (Phi) is 4.70. The van der Waals surface area contributed by atoms with E-state index in [0.717, 1.165) is 0 Å². The van der Waals surface area contributed by atoms with Crippen molar-refractivity contribution in [2.24, 2.45) is 0 Å². The molecule has 96 valence electrons. The summed E-state index contributed by atoms with van der Waals surface area (Å²) >= 11 is 0. The van der Waals surface area contributed by atoms with Gasteiger partial charge >= 0.3 is 0 Å². The highest BCUT2D eigenvalue weighted by atomic mass is 16.6. The van der Waals surface area contributed by atoms with Crippen molar-refractivity contribution in [3.63, 3.8) is 0 Å². The minimum absolute atomic E-state index is 0.305. The lowest BCUT2D eigenvalue weighted by Crippen LogP contribution is -2.64. The Morgan fingerprint density at radius 1 is 1.19 bits per heavy atom. The van der Waals surface area contributed by atoms with Gasteiger partial charge in [0.1, 0.15) is 24.4 Å². The van der Waals surface area contributed by atoms with Gasteiger partial charge in [0, 0.05) is 21.3 Å². The van der Waals surface area contributed by atoms with E-state index in [2.05, 4.69) is 0 Å². The van der Waals surface area contributed by atoms with Crippen LogP contribution in [-0.2, 0) is 18.9 Å². The molecule has 2 unspecified atom stereocenters. The van der Waals surface area contributed by atoms with Crippen LogP contribution in [0.1, 0.15) is 13.8 Å². The number of aliphatic hydroxyl groups is 1. The van der Waals surface area contributed by atoms with Gasteiger partial charge in [-0.05, 0) is 13.8 Å². The predicted molar refractivity (Wildman–Crippen MR) is 58.4 cm³/mol. The largest absolute Gasteiger partial charge is 0.387 e. The quantitative estimate of drug-likeness (QED) is 0.753. The molecule has 1 rings (SSSR count). The number of ether oxygens (including phenoxy) is 4. The molecular formula is C11H22O5. The zero-order valence-corrected chi connectivity index (χ0v) is 10.6. The number of aliphatic hydroxyl groups excluding tert-OH is 1. The van der Waals surface area contributed by atoms with Gasteiger partial charge in [0.25, 0.3) is 0 Å². The second kappa shape index (κ2) is 5.42. The number of rotatable bonds is 4. The molecule has 0 bridgehead atoms. The Bertz CT molecular complexity index is 218. The minimum atomic E-state index is -0.747. The first-order chi connectivity index (χ1) is 7.47. The maximum absolute atomic E-state index is 10.1. The van der Waals surface area contributed by atoms with Crippen LogP contribution in [-0.4, -0.2) is 63.1 Å². The Labute approximate surface area is 96.6 Å². The van der Waals surface area contributed by atoms with Crippen molar-refractivity contribution < 1.29 is 24.1 Å². The van der Waals surface area contributed by atoms with Crippen LogP contribution in [0.2, 0.25) is 0 Å². The molecule has 1 heterocycles. The lowest BCUT2D eigenvalue weighted by atomic mass is 9.87. The first-order valence-electron chi connectivity index (χ1n) is 5.38. The maximum atomic E-state index is 10.1. The van der Waals surface area contributed by atoms with Gasteiger partial charge in [-0.25, -0.2) is 0 Å². The summed E-state index contributed by atoms with van der Waals surface area (Å²) in [6, 6.07) is 0. The first kappa shape index (κ1) is 13.9. The van der Waals surface area contributed by atoms with Gasteiger partial charge in [-0.2, -0.15) is 0 Å². The van der Waals surface area contributed by atoms with Crippen molar-refractivity contribution >= 4 is 0 Å². The highest BCUT2D eigenvalue weighted by molar-refractivity contribution is 4.98. The zero-order chi connectivity index (χ0) is 12.3. The topological polar surface area (TPSA) is 57.2 Å². The molecule has 1 saturated heterocycles. The molecule has 16 heavy (non-hydrogen) atoms. The van der Waals surface area contributed by atoms with Gasteiger partial charge in [0.05, 0.1) is 12.2 Å². The van der Waals surface area contributed by atoms with Crippen molar-refractivity contribution in [1.82, 2.24) is 0 Å². The fraction of sp³-hybridized carbons (Fsp3) is 1.00. The molecule has 4 atom stereocenters. The molecule has 0 aromatic carbocycles. The molecule has 0 aromatic rings. The molecule has 1 fully saturated rings. The monoisotopic (exact) mass is 234 g/mol. The van der Waals surface area contributed by atoms with Gasteiger partial charge in [-0.15, -0.1) is 0 Å². The molecule has 0 radical (unpaired) electrons. The van der Waals surface area contributed by atoms with Gasteiger partial charge in [-0.3, -0.25) is 0 Å². The summed E-state index contributed by atoms with van der Waals surface area (Å²) in [6.45, 7) is 4.17. The van der Waals surface area contributed by atoms with Gasteiger partial charge in [0.2, 0.25) is 0 Å². The van der Waals surface area contributed by atoms with E-state index in [-0.39, 0.29) is 6.10 Å². The molecule has 1 N–H and O–H groups in total. The average molecular weight is 234 g/mol. The molecule has 0 spiro atoms. The highest BCUT2D eigenvalue weighted by Gasteiger charge is 2.50. The zero-order valence-electron chi connectivity index (χ0n) is 10.6. The van der Waals surface area contributed by atoms with E-state index in [4.69, 9.17) is 18.9 Å². The van der Waals surface area contributed by atoms with Crippen LogP contribution >= 0.6 is 0 Å². The summed E-state index contributed by atoms with van der Waals surface area (Å²) in [5, 5.41) is 10.1. The molecule has 5 nitrogen and oxygen atoms in total. The fourth-order valence-electron chi connectivity index (χ4n) is 2.29. The number of hydrogen-bond acceptors (Lipinski definition) is 5. The minimum Gasteiger partial charge on any atom is -0.387 e. The number of methoxy groups -OCH3 is 3. The smallest absolute Gasteiger partial charge is 0.115 e. The third-order valence-corrected chi connectivity index (χ3v) is 3.01. The summed E-state index contributed by atoms with van der Waals surface area (Å²) in [5.74, 6) is 0. The summed E-state index contributed by atoms with van der Waals surface area (Å²) < 4.78 is 21.5. The number of hydrogen-bond donors (Lipinski definition) is 1. The van der Waals surface area contributed by atoms with E-state index in [1.807, 2.05) is 13.8 Å². The summed E-state index contributed by atoms with van der Waals surface area (Å²) in [5.41, 5.74) is -0.516. The standard InChI is InChI=1S/C11H22O5/c1-11(2)10(15-5)9(14-4)8(12)7(16-11)6-13-3/h7-10,12H,6H2,1-5H3/t7?,8-,9?,10-/m0/s1. The third-order valence-electron chi connectivity index (χ3n) is 3.01. The normalized spacial score (nSPS) is 38.6. The fourth-order valence-corrected chi connectivity index (χ4v) is 2.29. The van der Waals surface area contributed by atoms with Gasteiger partial charge in [0.15, 0.2) is 0 Å². The van der Waals surface area contributed by atoms with Crippen molar-refractivity contribution in [3.8, 4) is 0 Å². The van der Waals surface area contributed by atoms with E-state index in [1.165, 1.54) is 0 Å². The molecular weight excluding hydrogens is 212 g/mol. The molecule has 1 aliphatic rings. The van der Waals surface area contributed by atoms with Crippen LogP contribution in [0.15, 0.2) is 0 Å². The van der Waals surface area contributed by atoms with Gasteiger partial charge < -0.3 is 24.1 Å². The van der Waals surface area contributed by atoms with E-state index in [9.17, 15) is 5.11 Å². The summed E-state index contributed by atoms with van der Waals surface area (Å²) in [6.07, 6.45) is -1.85. The third kappa shape index (κ3) is 2.55. The highest BCUT2D eigenvalue weighted by Crippen LogP contribution is 2.32. The van der Waals surface area contributed by atoms with Crippen LogP contribution in [0.25, 0.3) is 0 Å². The molecule has 0 amide bonds. The van der Waals surface area contributed by atoms with Crippen molar-refractivity contribution in [3.05, 3.63) is 0 Å². The predicted octanol–water partition coefficient (Wildman–Crippen LogP) is 0.201. The Hall–Kier alpha value is -0.200. The SMILES string of the molecule is COCC1OC(C)(C)[C@@H](OC)C(OC)[C@H]1O. The molecule has 0 aliphatic carbocycles. The molecule has 0 saturated carbocycles. The van der Waals surface area contributed by atoms with Crippen LogP contribution in [0.3, 0.4) is 0 Å². The first-order valence-corrected chi connectivity index (χ1v) is 5.38. The molecule has 5 heteroatoms. The van der Waals surface area contributed by atoms with E-state index in [0.29, 0.717) is 6.61 Å². The maximum Gasteiger partial charge on any atom is 0.115 e.